The minimum atomic E-state index is -0.322. The first-order chi connectivity index (χ1) is 13.1. The molecule has 2 N–H and O–H groups in total. The van der Waals surface area contributed by atoms with E-state index in [1.165, 1.54) is 0 Å². The van der Waals surface area contributed by atoms with E-state index in [0.717, 1.165) is 24.1 Å². The maximum Gasteiger partial charge on any atom is 0.276 e. The molecule has 0 saturated heterocycles. The summed E-state index contributed by atoms with van der Waals surface area (Å²) in [7, 11) is 0. The van der Waals surface area contributed by atoms with E-state index in [1.54, 1.807) is 10.7 Å². The van der Waals surface area contributed by atoms with Crippen LogP contribution in [0, 0.1) is 12.8 Å². The van der Waals surface area contributed by atoms with Crippen molar-refractivity contribution in [2.75, 3.05) is 10.6 Å². The number of para-hydroxylation sites is 1. The van der Waals surface area contributed by atoms with Gasteiger partial charge in [0.15, 0.2) is 5.69 Å². The van der Waals surface area contributed by atoms with Crippen LogP contribution in [0.5, 0.6) is 0 Å². The Labute approximate surface area is 157 Å². The quantitative estimate of drug-likeness (QED) is 0.727. The molecule has 0 spiro atoms. The van der Waals surface area contributed by atoms with Gasteiger partial charge in [-0.3, -0.25) is 9.59 Å². The zero-order chi connectivity index (χ0) is 18.8. The summed E-state index contributed by atoms with van der Waals surface area (Å²) in [6.45, 7) is 1.96. The first kappa shape index (κ1) is 17.0. The molecule has 1 heterocycles. The van der Waals surface area contributed by atoms with Crippen molar-refractivity contribution in [3.63, 3.8) is 0 Å². The van der Waals surface area contributed by atoms with Gasteiger partial charge in [0.05, 0.1) is 5.69 Å². The van der Waals surface area contributed by atoms with Gasteiger partial charge in [-0.1, -0.05) is 30.3 Å². The molecule has 0 radical (unpaired) electrons. The molecule has 0 unspecified atom stereocenters. The average Bonchev–Trinajstić information content (AvgIpc) is 3.43. The fourth-order valence-corrected chi connectivity index (χ4v) is 2.84. The zero-order valence-electron chi connectivity index (χ0n) is 15.0. The number of nitrogens with one attached hydrogen (secondary N) is 2. The summed E-state index contributed by atoms with van der Waals surface area (Å²) in [5.41, 5.74) is 2.78. The molecular formula is C21H20N4O2. The Morgan fingerprint density at radius 3 is 2.48 bits per heavy atom. The Morgan fingerprint density at radius 2 is 1.78 bits per heavy atom. The number of benzene rings is 2. The minimum absolute atomic E-state index is 0.0299. The topological polar surface area (TPSA) is 76.0 Å². The summed E-state index contributed by atoms with van der Waals surface area (Å²) in [5, 5.41) is 10.2. The molecule has 136 valence electrons. The number of aromatic nitrogens is 2. The second kappa shape index (κ2) is 7.07. The molecule has 0 bridgehead atoms. The predicted octanol–water partition coefficient (Wildman–Crippen LogP) is 3.78. The van der Waals surface area contributed by atoms with Crippen LogP contribution in [0.25, 0.3) is 5.69 Å². The number of carbonyl (C=O) groups is 2. The van der Waals surface area contributed by atoms with Crippen LogP contribution >= 0.6 is 0 Å². The third kappa shape index (κ3) is 3.89. The summed E-state index contributed by atoms with van der Waals surface area (Å²) in [4.78, 5) is 24.9. The molecule has 1 saturated carbocycles. The number of rotatable bonds is 5. The van der Waals surface area contributed by atoms with Gasteiger partial charge in [0, 0.05) is 17.7 Å². The van der Waals surface area contributed by atoms with Gasteiger partial charge in [-0.25, -0.2) is 4.68 Å². The second-order valence-corrected chi connectivity index (χ2v) is 6.75. The molecule has 2 aromatic carbocycles. The maximum atomic E-state index is 12.7. The third-order valence-corrected chi connectivity index (χ3v) is 4.42. The minimum Gasteiger partial charge on any atom is -0.321 e. The lowest BCUT2D eigenvalue weighted by molar-refractivity contribution is -0.117. The predicted molar refractivity (Wildman–Crippen MR) is 104 cm³/mol. The number of amides is 2. The zero-order valence-corrected chi connectivity index (χ0v) is 15.0. The first-order valence-electron chi connectivity index (χ1n) is 8.94. The van der Waals surface area contributed by atoms with Crippen molar-refractivity contribution in [1.29, 1.82) is 0 Å². The number of nitrogens with zero attached hydrogens (tertiary/aromatic N) is 2. The molecule has 0 atom stereocenters. The number of aryl methyl sites for hydroxylation is 1. The summed E-state index contributed by atoms with van der Waals surface area (Å²) >= 11 is 0. The molecule has 0 aliphatic heterocycles. The monoisotopic (exact) mass is 360 g/mol. The maximum absolute atomic E-state index is 12.7. The van der Waals surface area contributed by atoms with Crippen molar-refractivity contribution in [2.24, 2.45) is 5.92 Å². The largest absolute Gasteiger partial charge is 0.321 e. The lowest BCUT2D eigenvalue weighted by atomic mass is 10.2. The smallest absolute Gasteiger partial charge is 0.276 e. The van der Waals surface area contributed by atoms with Gasteiger partial charge in [-0.05, 0) is 49.6 Å². The Balaban J connectivity index is 1.63. The average molecular weight is 360 g/mol. The molecule has 1 fully saturated rings. The van der Waals surface area contributed by atoms with E-state index in [0.29, 0.717) is 11.5 Å². The van der Waals surface area contributed by atoms with Gasteiger partial charge in [0.2, 0.25) is 5.91 Å². The second-order valence-electron chi connectivity index (χ2n) is 6.75. The molecule has 1 aliphatic rings. The summed E-state index contributed by atoms with van der Waals surface area (Å²) < 4.78 is 1.59. The SMILES string of the molecule is Cc1cccc(NC(=O)c2cc(NC(=O)C3CC3)n(-c3ccccc3)n2)c1. The summed E-state index contributed by atoms with van der Waals surface area (Å²) in [6.07, 6.45) is 1.82. The standard InChI is InChI=1S/C21H20N4O2/c1-14-6-5-7-16(12-14)22-21(27)18-13-19(23-20(26)15-10-11-15)25(24-18)17-8-3-2-4-9-17/h2-9,12-13,15H,10-11H2,1H3,(H,22,27)(H,23,26). The fraction of sp³-hybridized carbons (Fsp3) is 0.190. The van der Waals surface area contributed by atoms with E-state index in [1.807, 2.05) is 61.5 Å². The van der Waals surface area contributed by atoms with Crippen LogP contribution in [0.2, 0.25) is 0 Å². The fourth-order valence-electron chi connectivity index (χ4n) is 2.84. The van der Waals surface area contributed by atoms with E-state index in [2.05, 4.69) is 15.7 Å². The van der Waals surface area contributed by atoms with Crippen LogP contribution in [0.3, 0.4) is 0 Å². The number of anilines is 2. The Bertz CT molecular complexity index is 990. The van der Waals surface area contributed by atoms with Crippen LogP contribution in [0.1, 0.15) is 28.9 Å². The van der Waals surface area contributed by atoms with Gasteiger partial charge in [-0.15, -0.1) is 0 Å². The van der Waals surface area contributed by atoms with Gasteiger partial charge in [0.1, 0.15) is 5.82 Å². The van der Waals surface area contributed by atoms with Crippen molar-refractivity contribution in [1.82, 2.24) is 9.78 Å². The lowest BCUT2D eigenvalue weighted by Crippen LogP contribution is -2.16. The number of carbonyl (C=O) groups excluding carboxylic acids is 2. The van der Waals surface area contributed by atoms with Crippen molar-refractivity contribution in [3.05, 3.63) is 71.9 Å². The number of hydrogen-bond acceptors (Lipinski definition) is 3. The molecule has 3 aromatic rings. The van der Waals surface area contributed by atoms with E-state index in [-0.39, 0.29) is 23.4 Å². The van der Waals surface area contributed by atoms with Gasteiger partial charge in [0.25, 0.3) is 5.91 Å². The van der Waals surface area contributed by atoms with E-state index >= 15 is 0 Å². The van der Waals surface area contributed by atoms with Gasteiger partial charge in [-0.2, -0.15) is 5.10 Å². The van der Waals surface area contributed by atoms with E-state index < -0.39 is 0 Å². The molecule has 1 aromatic heterocycles. The highest BCUT2D eigenvalue weighted by molar-refractivity contribution is 6.04. The van der Waals surface area contributed by atoms with E-state index in [9.17, 15) is 9.59 Å². The van der Waals surface area contributed by atoms with Crippen LogP contribution in [0.15, 0.2) is 60.7 Å². The van der Waals surface area contributed by atoms with Gasteiger partial charge < -0.3 is 10.6 Å². The summed E-state index contributed by atoms with van der Waals surface area (Å²) in [6, 6.07) is 18.6. The highest BCUT2D eigenvalue weighted by Gasteiger charge is 2.30. The van der Waals surface area contributed by atoms with Crippen molar-refractivity contribution in [3.8, 4) is 5.69 Å². The molecule has 27 heavy (non-hydrogen) atoms. The Hall–Kier alpha value is -3.41. The normalized spacial score (nSPS) is 13.2. The van der Waals surface area contributed by atoms with Crippen molar-refractivity contribution in [2.45, 2.75) is 19.8 Å². The van der Waals surface area contributed by atoms with E-state index in [4.69, 9.17) is 0 Å². The third-order valence-electron chi connectivity index (χ3n) is 4.42. The molecule has 2 amide bonds. The van der Waals surface area contributed by atoms with Crippen LogP contribution < -0.4 is 10.6 Å². The lowest BCUT2D eigenvalue weighted by Gasteiger charge is -2.08. The molecule has 6 heteroatoms. The molecule has 6 nitrogen and oxygen atoms in total. The highest BCUT2D eigenvalue weighted by Crippen LogP contribution is 2.30. The number of hydrogen-bond donors (Lipinski definition) is 2. The van der Waals surface area contributed by atoms with Crippen LogP contribution in [0.4, 0.5) is 11.5 Å². The van der Waals surface area contributed by atoms with Gasteiger partial charge >= 0.3 is 0 Å². The highest BCUT2D eigenvalue weighted by atomic mass is 16.2. The van der Waals surface area contributed by atoms with Crippen molar-refractivity contribution < 1.29 is 9.59 Å². The van der Waals surface area contributed by atoms with Crippen molar-refractivity contribution >= 4 is 23.3 Å². The van der Waals surface area contributed by atoms with Crippen LogP contribution in [-0.2, 0) is 4.79 Å². The summed E-state index contributed by atoms with van der Waals surface area (Å²) in [5.74, 6) is 0.205. The Morgan fingerprint density at radius 1 is 1.00 bits per heavy atom. The molecule has 4 rings (SSSR count). The van der Waals surface area contributed by atoms with Crippen LogP contribution in [-0.4, -0.2) is 21.6 Å². The Kier molecular flexibility index (Phi) is 4.46. The molecular weight excluding hydrogens is 340 g/mol. The molecule has 1 aliphatic carbocycles. The first-order valence-corrected chi connectivity index (χ1v) is 8.94.